The minimum absolute atomic E-state index is 0.270. The summed E-state index contributed by atoms with van der Waals surface area (Å²) in [5, 5.41) is 2.43. The van der Waals surface area contributed by atoms with Gasteiger partial charge in [0.2, 0.25) is 10.7 Å². The normalized spacial score (nSPS) is 10.7. The lowest BCUT2D eigenvalue weighted by atomic mass is 10.1. The van der Waals surface area contributed by atoms with Crippen LogP contribution < -0.4 is 5.73 Å². The summed E-state index contributed by atoms with van der Waals surface area (Å²) < 4.78 is 0.270. The molecule has 1 aromatic heterocycles. The molecule has 19 heavy (non-hydrogen) atoms. The van der Waals surface area contributed by atoms with E-state index in [4.69, 9.17) is 18.0 Å². The Labute approximate surface area is 115 Å². The number of nitrogens with one attached hydrogen (secondary N) is 1. The molecule has 0 saturated carbocycles. The molecule has 1 heterocycles. The number of hydrogen-bond acceptors (Lipinski definition) is 4. The summed E-state index contributed by atoms with van der Waals surface area (Å²) in [4.78, 5) is 11.0. The quantitative estimate of drug-likeness (QED) is 0.701. The molecule has 0 atom stereocenters. The van der Waals surface area contributed by atoms with Crippen molar-refractivity contribution in [1.29, 1.82) is 0 Å². The highest BCUT2D eigenvalue weighted by Gasteiger charge is 2.01. The van der Waals surface area contributed by atoms with E-state index < -0.39 is 0 Å². The second-order valence-electron chi connectivity index (χ2n) is 4.32. The SMILES string of the molecule is Nc1nc(=S)nc(Cc2ccc3ccccc3c2)[nH]1. The van der Waals surface area contributed by atoms with Gasteiger partial charge in [0, 0.05) is 6.42 Å². The van der Waals surface area contributed by atoms with E-state index in [1.54, 1.807) is 0 Å². The number of aromatic amines is 1. The minimum Gasteiger partial charge on any atom is -0.369 e. The van der Waals surface area contributed by atoms with Crippen molar-refractivity contribution in [2.75, 3.05) is 5.73 Å². The summed E-state index contributed by atoms with van der Waals surface area (Å²) in [7, 11) is 0. The summed E-state index contributed by atoms with van der Waals surface area (Å²) >= 11 is 4.96. The lowest BCUT2D eigenvalue weighted by Crippen LogP contribution is -2.03. The van der Waals surface area contributed by atoms with Gasteiger partial charge < -0.3 is 10.7 Å². The number of nitrogens with two attached hydrogens (primary N) is 1. The molecule has 0 aliphatic rings. The first-order valence-electron chi connectivity index (χ1n) is 5.91. The van der Waals surface area contributed by atoms with Crippen LogP contribution in [0.5, 0.6) is 0 Å². The molecule has 94 valence electrons. The van der Waals surface area contributed by atoms with Gasteiger partial charge in [-0.3, -0.25) is 0 Å². The van der Waals surface area contributed by atoms with Crippen LogP contribution in [0, 0.1) is 4.77 Å². The molecule has 0 radical (unpaired) electrons. The molecule has 3 rings (SSSR count). The average Bonchev–Trinajstić information content (AvgIpc) is 2.37. The standard InChI is InChI=1S/C14H12N4S/c15-13-16-12(17-14(19)18-13)8-9-5-6-10-3-1-2-4-11(10)7-9/h1-7H,8H2,(H3,15,16,17,18,19). The predicted octanol–water partition coefficient (Wildman–Crippen LogP) is 2.86. The number of rotatable bonds is 2. The van der Waals surface area contributed by atoms with E-state index in [1.165, 1.54) is 10.8 Å². The molecule has 0 bridgehead atoms. The van der Waals surface area contributed by atoms with Crippen LogP contribution in [0.2, 0.25) is 0 Å². The highest BCUT2D eigenvalue weighted by atomic mass is 32.1. The summed E-state index contributed by atoms with van der Waals surface area (Å²) in [5.74, 6) is 1.03. The number of benzene rings is 2. The van der Waals surface area contributed by atoms with E-state index in [1.807, 2.05) is 12.1 Å². The van der Waals surface area contributed by atoms with Gasteiger partial charge in [0.25, 0.3) is 0 Å². The van der Waals surface area contributed by atoms with Gasteiger partial charge in [-0.25, -0.2) is 4.98 Å². The van der Waals surface area contributed by atoms with E-state index in [0.717, 1.165) is 11.4 Å². The number of nitrogen functional groups attached to an aromatic ring is 1. The van der Waals surface area contributed by atoms with Crippen LogP contribution in [0.4, 0.5) is 5.95 Å². The summed E-state index contributed by atoms with van der Waals surface area (Å²) in [5.41, 5.74) is 6.79. The number of aromatic nitrogens is 3. The molecule has 0 spiro atoms. The third-order valence-corrected chi connectivity index (χ3v) is 3.09. The van der Waals surface area contributed by atoms with E-state index in [9.17, 15) is 0 Å². The fourth-order valence-electron chi connectivity index (χ4n) is 2.07. The fourth-order valence-corrected chi connectivity index (χ4v) is 2.28. The smallest absolute Gasteiger partial charge is 0.224 e. The van der Waals surface area contributed by atoms with Gasteiger partial charge in [-0.15, -0.1) is 0 Å². The van der Waals surface area contributed by atoms with Crippen molar-refractivity contribution < 1.29 is 0 Å². The zero-order valence-electron chi connectivity index (χ0n) is 10.1. The van der Waals surface area contributed by atoms with Gasteiger partial charge >= 0.3 is 0 Å². The molecule has 0 amide bonds. The Kier molecular flexibility index (Phi) is 2.97. The Balaban J connectivity index is 1.98. The zero-order valence-corrected chi connectivity index (χ0v) is 10.9. The van der Waals surface area contributed by atoms with Crippen molar-refractivity contribution in [2.45, 2.75) is 6.42 Å². The van der Waals surface area contributed by atoms with Crippen molar-refractivity contribution in [3.63, 3.8) is 0 Å². The Bertz CT molecular complexity index is 795. The third-order valence-electron chi connectivity index (χ3n) is 2.90. The van der Waals surface area contributed by atoms with Crippen LogP contribution in [0.1, 0.15) is 11.4 Å². The molecule has 3 aromatic rings. The Morgan fingerprint density at radius 2 is 1.84 bits per heavy atom. The molecule has 4 nitrogen and oxygen atoms in total. The van der Waals surface area contributed by atoms with Crippen molar-refractivity contribution in [1.82, 2.24) is 15.0 Å². The van der Waals surface area contributed by atoms with Crippen LogP contribution >= 0.6 is 12.2 Å². The van der Waals surface area contributed by atoms with Crippen molar-refractivity contribution >= 4 is 28.9 Å². The predicted molar refractivity (Wildman–Crippen MR) is 78.4 cm³/mol. The largest absolute Gasteiger partial charge is 0.369 e. The molecule has 0 saturated heterocycles. The first-order valence-corrected chi connectivity index (χ1v) is 6.32. The van der Waals surface area contributed by atoms with E-state index >= 15 is 0 Å². The first kappa shape index (κ1) is 11.8. The summed E-state index contributed by atoms with van der Waals surface area (Å²) in [6.45, 7) is 0. The second kappa shape index (κ2) is 4.78. The Hall–Kier alpha value is -2.27. The van der Waals surface area contributed by atoms with Crippen LogP contribution in [-0.2, 0) is 6.42 Å². The fraction of sp³-hybridized carbons (Fsp3) is 0.0714. The zero-order chi connectivity index (χ0) is 13.2. The number of fused-ring (bicyclic) bond motifs is 1. The van der Waals surface area contributed by atoms with Crippen LogP contribution in [-0.4, -0.2) is 15.0 Å². The Morgan fingerprint density at radius 3 is 2.63 bits per heavy atom. The average molecular weight is 268 g/mol. The maximum absolute atomic E-state index is 5.63. The lowest BCUT2D eigenvalue weighted by molar-refractivity contribution is 0.917. The lowest BCUT2D eigenvalue weighted by Gasteiger charge is -2.04. The minimum atomic E-state index is 0.270. The molecule has 3 N–H and O–H groups in total. The number of anilines is 1. The van der Waals surface area contributed by atoms with Gasteiger partial charge in [-0.1, -0.05) is 42.5 Å². The van der Waals surface area contributed by atoms with Gasteiger partial charge in [0.05, 0.1) is 0 Å². The van der Waals surface area contributed by atoms with Gasteiger partial charge in [-0.05, 0) is 28.6 Å². The van der Waals surface area contributed by atoms with Crippen molar-refractivity contribution in [3.05, 3.63) is 58.6 Å². The molecule has 0 aliphatic carbocycles. The molecular formula is C14H12N4S. The molecule has 5 heteroatoms. The number of H-pyrrole nitrogens is 1. The van der Waals surface area contributed by atoms with Crippen molar-refractivity contribution in [2.24, 2.45) is 0 Å². The summed E-state index contributed by atoms with van der Waals surface area (Å²) in [6.07, 6.45) is 0.654. The van der Waals surface area contributed by atoms with E-state index in [0.29, 0.717) is 12.4 Å². The molecular weight excluding hydrogens is 256 g/mol. The van der Waals surface area contributed by atoms with Crippen LogP contribution in [0.15, 0.2) is 42.5 Å². The van der Waals surface area contributed by atoms with Gasteiger partial charge in [0.1, 0.15) is 5.82 Å². The number of hydrogen-bond donors (Lipinski definition) is 2. The molecule has 0 unspecified atom stereocenters. The summed E-state index contributed by atoms with van der Waals surface area (Å²) in [6, 6.07) is 14.6. The highest BCUT2D eigenvalue weighted by Crippen LogP contribution is 2.17. The van der Waals surface area contributed by atoms with Crippen LogP contribution in [0.25, 0.3) is 10.8 Å². The Morgan fingerprint density at radius 1 is 1.05 bits per heavy atom. The monoisotopic (exact) mass is 268 g/mol. The van der Waals surface area contributed by atoms with Gasteiger partial charge in [-0.2, -0.15) is 4.98 Å². The molecule has 2 aromatic carbocycles. The van der Waals surface area contributed by atoms with Crippen LogP contribution in [0.3, 0.4) is 0 Å². The van der Waals surface area contributed by atoms with E-state index in [2.05, 4.69) is 45.3 Å². The van der Waals surface area contributed by atoms with Gasteiger partial charge in [0.15, 0.2) is 0 Å². The highest BCUT2D eigenvalue weighted by molar-refractivity contribution is 7.71. The third kappa shape index (κ3) is 2.61. The molecule has 0 aliphatic heterocycles. The second-order valence-corrected chi connectivity index (χ2v) is 4.69. The van der Waals surface area contributed by atoms with E-state index in [-0.39, 0.29) is 4.77 Å². The van der Waals surface area contributed by atoms with Crippen molar-refractivity contribution in [3.8, 4) is 0 Å². The topological polar surface area (TPSA) is 67.6 Å². The first-order chi connectivity index (χ1) is 9.20. The maximum Gasteiger partial charge on any atom is 0.224 e. The molecule has 0 fully saturated rings. The maximum atomic E-state index is 5.63. The number of nitrogens with zero attached hydrogens (tertiary/aromatic N) is 2.